The van der Waals surface area contributed by atoms with Gasteiger partial charge < -0.3 is 10.2 Å². The van der Waals surface area contributed by atoms with Crippen molar-refractivity contribution in [3.8, 4) is 0 Å². The van der Waals surface area contributed by atoms with Crippen LogP contribution in [0.1, 0.15) is 49.7 Å². The highest BCUT2D eigenvalue weighted by Crippen LogP contribution is 2.27. The van der Waals surface area contributed by atoms with Gasteiger partial charge in [-0.1, -0.05) is 19.9 Å². The van der Waals surface area contributed by atoms with Gasteiger partial charge in [-0.05, 0) is 44.2 Å². The third kappa shape index (κ3) is 3.95. The summed E-state index contributed by atoms with van der Waals surface area (Å²) in [6.45, 7) is 10.9. The standard InChI is InChI=1S/C19H28N4S/c1-13(2)17(18-14(3)6-5-9-20-18)22-16-7-10-23(11-8-16)19-21-15(4)12-24-19/h5-6,9,12-13,16-17,22H,7-8,10-11H2,1-4H3/t17-/m1/s1. The number of hydrogen-bond acceptors (Lipinski definition) is 5. The summed E-state index contributed by atoms with van der Waals surface area (Å²) in [5, 5.41) is 7.19. The molecule has 1 fully saturated rings. The van der Waals surface area contributed by atoms with Gasteiger partial charge in [-0.2, -0.15) is 0 Å². The second-order valence-electron chi connectivity index (χ2n) is 7.13. The van der Waals surface area contributed by atoms with Crippen LogP contribution < -0.4 is 10.2 Å². The highest BCUT2D eigenvalue weighted by molar-refractivity contribution is 7.13. The molecule has 2 aromatic heterocycles. The van der Waals surface area contributed by atoms with Crippen LogP contribution in [-0.2, 0) is 0 Å². The summed E-state index contributed by atoms with van der Waals surface area (Å²) >= 11 is 1.76. The van der Waals surface area contributed by atoms with Crippen LogP contribution in [-0.4, -0.2) is 29.1 Å². The Morgan fingerprint density at radius 2 is 2.00 bits per heavy atom. The highest BCUT2D eigenvalue weighted by Gasteiger charge is 2.26. The van der Waals surface area contributed by atoms with Gasteiger partial charge >= 0.3 is 0 Å². The molecule has 1 N–H and O–H groups in total. The number of aromatic nitrogens is 2. The minimum atomic E-state index is 0.324. The summed E-state index contributed by atoms with van der Waals surface area (Å²) in [6, 6.07) is 5.05. The summed E-state index contributed by atoms with van der Waals surface area (Å²) in [6.07, 6.45) is 4.23. The molecule has 3 heterocycles. The van der Waals surface area contributed by atoms with E-state index in [1.165, 1.54) is 16.4 Å². The van der Waals surface area contributed by atoms with Gasteiger partial charge in [0.1, 0.15) is 0 Å². The first kappa shape index (κ1) is 17.4. The second-order valence-corrected chi connectivity index (χ2v) is 7.96. The number of anilines is 1. The van der Waals surface area contributed by atoms with Gasteiger partial charge in [-0.25, -0.2) is 4.98 Å². The molecule has 24 heavy (non-hydrogen) atoms. The lowest BCUT2D eigenvalue weighted by molar-refractivity contribution is 0.315. The van der Waals surface area contributed by atoms with Crippen LogP contribution in [0, 0.1) is 19.8 Å². The number of rotatable bonds is 5. The van der Waals surface area contributed by atoms with Crippen molar-refractivity contribution in [1.29, 1.82) is 0 Å². The number of nitrogens with zero attached hydrogens (tertiary/aromatic N) is 3. The fraction of sp³-hybridized carbons (Fsp3) is 0.579. The second kappa shape index (κ2) is 7.62. The van der Waals surface area contributed by atoms with Crippen molar-refractivity contribution in [2.75, 3.05) is 18.0 Å². The smallest absolute Gasteiger partial charge is 0.185 e. The maximum absolute atomic E-state index is 4.65. The molecule has 1 atom stereocenters. The lowest BCUT2D eigenvalue weighted by Gasteiger charge is -2.35. The fourth-order valence-corrected chi connectivity index (χ4v) is 4.25. The number of thiazole rings is 1. The van der Waals surface area contributed by atoms with Crippen LogP contribution >= 0.6 is 11.3 Å². The van der Waals surface area contributed by atoms with Crippen LogP contribution in [0.2, 0.25) is 0 Å². The van der Waals surface area contributed by atoms with E-state index in [0.717, 1.165) is 31.6 Å². The van der Waals surface area contributed by atoms with Crippen molar-refractivity contribution in [1.82, 2.24) is 15.3 Å². The Morgan fingerprint density at radius 1 is 1.25 bits per heavy atom. The van der Waals surface area contributed by atoms with Gasteiger partial charge in [0, 0.05) is 30.7 Å². The number of pyridine rings is 1. The van der Waals surface area contributed by atoms with E-state index in [-0.39, 0.29) is 0 Å². The molecule has 3 rings (SSSR count). The van der Waals surface area contributed by atoms with Crippen molar-refractivity contribution in [3.63, 3.8) is 0 Å². The lowest BCUT2D eigenvalue weighted by Crippen LogP contribution is -2.45. The Bertz CT molecular complexity index is 659. The molecule has 1 aliphatic heterocycles. The van der Waals surface area contributed by atoms with Crippen molar-refractivity contribution in [2.45, 2.75) is 52.6 Å². The van der Waals surface area contributed by atoms with E-state index in [0.29, 0.717) is 18.0 Å². The molecular weight excluding hydrogens is 316 g/mol. The zero-order chi connectivity index (χ0) is 17.1. The molecule has 0 saturated carbocycles. The predicted octanol–water partition coefficient (Wildman–Crippen LogP) is 4.11. The van der Waals surface area contributed by atoms with Gasteiger partial charge in [0.15, 0.2) is 5.13 Å². The van der Waals surface area contributed by atoms with E-state index in [2.05, 4.69) is 59.3 Å². The van der Waals surface area contributed by atoms with Crippen molar-refractivity contribution in [2.24, 2.45) is 5.92 Å². The third-order valence-electron chi connectivity index (χ3n) is 4.80. The molecule has 0 bridgehead atoms. The minimum Gasteiger partial charge on any atom is -0.348 e. The van der Waals surface area contributed by atoms with E-state index in [9.17, 15) is 0 Å². The average Bonchev–Trinajstić information content (AvgIpc) is 3.00. The zero-order valence-corrected chi connectivity index (χ0v) is 15.9. The number of piperidine rings is 1. The molecule has 1 aliphatic rings. The largest absolute Gasteiger partial charge is 0.348 e. The predicted molar refractivity (Wildman–Crippen MR) is 102 cm³/mol. The van der Waals surface area contributed by atoms with Gasteiger partial charge in [-0.3, -0.25) is 4.98 Å². The van der Waals surface area contributed by atoms with Crippen molar-refractivity contribution >= 4 is 16.5 Å². The van der Waals surface area contributed by atoms with Crippen molar-refractivity contribution in [3.05, 3.63) is 40.7 Å². The van der Waals surface area contributed by atoms with Gasteiger partial charge in [0.25, 0.3) is 0 Å². The Balaban J connectivity index is 1.62. The quantitative estimate of drug-likeness (QED) is 0.886. The third-order valence-corrected chi connectivity index (χ3v) is 5.82. The van der Waals surface area contributed by atoms with E-state index < -0.39 is 0 Å². The normalized spacial score (nSPS) is 17.5. The molecule has 0 radical (unpaired) electrons. The Hall–Kier alpha value is -1.46. The molecule has 0 unspecified atom stereocenters. The average molecular weight is 345 g/mol. The fourth-order valence-electron chi connectivity index (χ4n) is 3.39. The molecule has 2 aromatic rings. The first-order valence-corrected chi connectivity index (χ1v) is 9.77. The summed E-state index contributed by atoms with van der Waals surface area (Å²) in [5.74, 6) is 0.526. The van der Waals surface area contributed by atoms with E-state index in [1.807, 2.05) is 12.3 Å². The topological polar surface area (TPSA) is 41.0 Å². The van der Waals surface area contributed by atoms with Gasteiger partial charge in [0.05, 0.1) is 17.4 Å². The maximum atomic E-state index is 4.65. The Kier molecular flexibility index (Phi) is 5.51. The van der Waals surface area contributed by atoms with Crippen LogP contribution in [0.4, 0.5) is 5.13 Å². The summed E-state index contributed by atoms with van der Waals surface area (Å²) in [4.78, 5) is 11.7. The highest BCUT2D eigenvalue weighted by atomic mass is 32.1. The van der Waals surface area contributed by atoms with Crippen LogP contribution in [0.15, 0.2) is 23.7 Å². The molecule has 0 aromatic carbocycles. The van der Waals surface area contributed by atoms with Gasteiger partial charge in [0.2, 0.25) is 0 Å². The Labute approximate surface area is 149 Å². The molecule has 5 heteroatoms. The Morgan fingerprint density at radius 3 is 2.58 bits per heavy atom. The summed E-state index contributed by atoms with van der Waals surface area (Å²) in [5.41, 5.74) is 3.60. The molecule has 4 nitrogen and oxygen atoms in total. The van der Waals surface area contributed by atoms with E-state index in [4.69, 9.17) is 0 Å². The van der Waals surface area contributed by atoms with E-state index >= 15 is 0 Å². The molecule has 0 amide bonds. The first-order valence-electron chi connectivity index (χ1n) is 8.89. The molecule has 130 valence electrons. The van der Waals surface area contributed by atoms with E-state index in [1.54, 1.807) is 11.3 Å². The molecule has 1 saturated heterocycles. The van der Waals surface area contributed by atoms with Crippen molar-refractivity contribution < 1.29 is 0 Å². The molecule has 0 spiro atoms. The summed E-state index contributed by atoms with van der Waals surface area (Å²) in [7, 11) is 0. The van der Waals surface area contributed by atoms with Crippen LogP contribution in [0.5, 0.6) is 0 Å². The van der Waals surface area contributed by atoms with Crippen LogP contribution in [0.3, 0.4) is 0 Å². The molecule has 0 aliphatic carbocycles. The number of hydrogen-bond donors (Lipinski definition) is 1. The summed E-state index contributed by atoms with van der Waals surface area (Å²) < 4.78 is 0. The zero-order valence-electron chi connectivity index (χ0n) is 15.1. The number of aryl methyl sites for hydroxylation is 2. The maximum Gasteiger partial charge on any atom is 0.185 e. The minimum absolute atomic E-state index is 0.324. The molecular formula is C19H28N4S. The first-order chi connectivity index (χ1) is 11.5. The van der Waals surface area contributed by atoms with Crippen LogP contribution in [0.25, 0.3) is 0 Å². The monoisotopic (exact) mass is 344 g/mol. The lowest BCUT2D eigenvalue weighted by atomic mass is 9.94. The number of nitrogens with one attached hydrogen (secondary N) is 1. The SMILES string of the molecule is Cc1csc(N2CCC(N[C@@H](c3ncccc3C)C(C)C)CC2)n1. The van der Waals surface area contributed by atoms with Gasteiger partial charge in [-0.15, -0.1) is 11.3 Å².